The van der Waals surface area contributed by atoms with Gasteiger partial charge in [-0.2, -0.15) is 5.10 Å². The predicted molar refractivity (Wildman–Crippen MR) is 95.4 cm³/mol. The first kappa shape index (κ1) is 17.8. The first-order valence-corrected chi connectivity index (χ1v) is 8.24. The number of amides is 1. The maximum atomic E-state index is 12.2. The van der Waals surface area contributed by atoms with Gasteiger partial charge in [-0.1, -0.05) is 35.3 Å². The molecule has 0 aliphatic carbocycles. The number of nitrogens with one attached hydrogen (secondary N) is 1. The topological polar surface area (TPSA) is 46.9 Å². The third-order valence-electron chi connectivity index (χ3n) is 3.39. The lowest BCUT2D eigenvalue weighted by atomic mass is 10.1. The number of halogens is 2. The van der Waals surface area contributed by atoms with Crippen LogP contribution in [0.2, 0.25) is 10.0 Å². The van der Waals surface area contributed by atoms with Crippen LogP contribution in [0.4, 0.5) is 5.82 Å². The SMILES string of the molecule is Cc1cc(NC(=O)CCc2cccc(Cl)c2Cl)n(C(C)(C)C)n1. The van der Waals surface area contributed by atoms with Crippen molar-refractivity contribution in [2.75, 3.05) is 5.32 Å². The Morgan fingerprint density at radius 1 is 1.30 bits per heavy atom. The minimum atomic E-state index is -0.201. The molecular formula is C17H21Cl2N3O. The number of hydrogen-bond donors (Lipinski definition) is 1. The van der Waals surface area contributed by atoms with E-state index in [1.165, 1.54) is 0 Å². The summed E-state index contributed by atoms with van der Waals surface area (Å²) in [5, 5.41) is 8.39. The van der Waals surface area contributed by atoms with E-state index in [1.807, 2.05) is 50.6 Å². The normalized spacial score (nSPS) is 11.6. The highest BCUT2D eigenvalue weighted by Crippen LogP contribution is 2.26. The highest BCUT2D eigenvalue weighted by atomic mass is 35.5. The summed E-state index contributed by atoms with van der Waals surface area (Å²) in [4.78, 5) is 12.2. The van der Waals surface area contributed by atoms with E-state index in [1.54, 1.807) is 6.07 Å². The number of anilines is 1. The van der Waals surface area contributed by atoms with Crippen molar-refractivity contribution in [3.63, 3.8) is 0 Å². The van der Waals surface area contributed by atoms with Crippen LogP contribution in [0.25, 0.3) is 0 Å². The van der Waals surface area contributed by atoms with Gasteiger partial charge in [-0.3, -0.25) is 4.79 Å². The van der Waals surface area contributed by atoms with Gasteiger partial charge in [0.15, 0.2) is 0 Å². The Morgan fingerprint density at radius 2 is 2.00 bits per heavy atom. The molecule has 2 aromatic rings. The van der Waals surface area contributed by atoms with E-state index in [0.29, 0.717) is 28.7 Å². The Hall–Kier alpha value is -1.52. The minimum absolute atomic E-state index is 0.0774. The van der Waals surface area contributed by atoms with Crippen LogP contribution in [0.3, 0.4) is 0 Å². The predicted octanol–water partition coefficient (Wildman–Crippen LogP) is 4.82. The van der Waals surface area contributed by atoms with Crippen molar-refractivity contribution in [1.82, 2.24) is 9.78 Å². The summed E-state index contributed by atoms with van der Waals surface area (Å²) in [6, 6.07) is 7.32. The van der Waals surface area contributed by atoms with Gasteiger partial charge in [-0.25, -0.2) is 4.68 Å². The second kappa shape index (κ2) is 6.93. The lowest BCUT2D eigenvalue weighted by Crippen LogP contribution is -2.26. The molecule has 0 unspecified atom stereocenters. The fourth-order valence-corrected chi connectivity index (χ4v) is 2.71. The summed E-state index contributed by atoms with van der Waals surface area (Å²) in [6.45, 7) is 8.03. The number of rotatable bonds is 4. The molecule has 1 amide bonds. The van der Waals surface area contributed by atoms with Gasteiger partial charge < -0.3 is 5.32 Å². The molecule has 23 heavy (non-hydrogen) atoms. The van der Waals surface area contributed by atoms with Crippen LogP contribution in [0.1, 0.15) is 38.4 Å². The maximum Gasteiger partial charge on any atom is 0.225 e. The van der Waals surface area contributed by atoms with Crippen molar-refractivity contribution < 1.29 is 4.79 Å². The van der Waals surface area contributed by atoms with Crippen LogP contribution in [0.15, 0.2) is 24.3 Å². The average molecular weight is 354 g/mol. The number of nitrogens with zero attached hydrogens (tertiary/aromatic N) is 2. The Balaban J connectivity index is 2.05. The fraction of sp³-hybridized carbons (Fsp3) is 0.412. The van der Waals surface area contributed by atoms with Gasteiger partial charge in [-0.05, 0) is 45.7 Å². The van der Waals surface area contributed by atoms with Gasteiger partial charge in [-0.15, -0.1) is 0 Å². The van der Waals surface area contributed by atoms with Crippen LogP contribution >= 0.6 is 23.2 Å². The summed E-state index contributed by atoms with van der Waals surface area (Å²) in [7, 11) is 0. The van der Waals surface area contributed by atoms with Gasteiger partial charge in [0.05, 0.1) is 21.3 Å². The van der Waals surface area contributed by atoms with E-state index in [-0.39, 0.29) is 11.4 Å². The summed E-state index contributed by atoms with van der Waals surface area (Å²) >= 11 is 12.1. The third kappa shape index (κ3) is 4.49. The van der Waals surface area contributed by atoms with Crippen molar-refractivity contribution in [3.8, 4) is 0 Å². The van der Waals surface area contributed by atoms with E-state index >= 15 is 0 Å². The molecule has 0 aliphatic heterocycles. The molecule has 4 nitrogen and oxygen atoms in total. The average Bonchev–Trinajstić information content (AvgIpc) is 2.81. The summed E-state index contributed by atoms with van der Waals surface area (Å²) in [6.07, 6.45) is 0.863. The van der Waals surface area contributed by atoms with Gasteiger partial charge in [0.2, 0.25) is 5.91 Å². The van der Waals surface area contributed by atoms with E-state index in [2.05, 4.69) is 10.4 Å². The molecule has 0 atom stereocenters. The highest BCUT2D eigenvalue weighted by molar-refractivity contribution is 6.42. The molecule has 0 saturated heterocycles. The molecule has 0 fully saturated rings. The number of aryl methyl sites for hydroxylation is 2. The number of carbonyl (C=O) groups excluding carboxylic acids is 1. The van der Waals surface area contributed by atoms with Crippen LogP contribution in [-0.2, 0) is 16.8 Å². The summed E-state index contributed by atoms with van der Waals surface area (Å²) in [5.41, 5.74) is 1.54. The van der Waals surface area contributed by atoms with Crippen molar-refractivity contribution in [2.24, 2.45) is 0 Å². The van der Waals surface area contributed by atoms with E-state index in [4.69, 9.17) is 23.2 Å². The Kier molecular flexibility index (Phi) is 5.37. The summed E-state index contributed by atoms with van der Waals surface area (Å²) < 4.78 is 1.83. The van der Waals surface area contributed by atoms with E-state index in [0.717, 1.165) is 11.3 Å². The smallest absolute Gasteiger partial charge is 0.225 e. The molecule has 6 heteroatoms. The molecule has 0 saturated carbocycles. The first-order valence-electron chi connectivity index (χ1n) is 7.48. The van der Waals surface area contributed by atoms with E-state index in [9.17, 15) is 4.79 Å². The van der Waals surface area contributed by atoms with E-state index < -0.39 is 0 Å². The number of carbonyl (C=O) groups is 1. The molecule has 1 heterocycles. The van der Waals surface area contributed by atoms with Crippen LogP contribution in [0, 0.1) is 6.92 Å². The fourth-order valence-electron chi connectivity index (χ4n) is 2.29. The Bertz CT molecular complexity index is 717. The number of benzene rings is 1. The zero-order valence-corrected chi connectivity index (χ0v) is 15.3. The molecule has 124 valence electrons. The third-order valence-corrected chi connectivity index (χ3v) is 4.25. The Morgan fingerprint density at radius 3 is 2.65 bits per heavy atom. The maximum absolute atomic E-state index is 12.2. The second-order valence-corrected chi connectivity index (χ2v) is 7.30. The van der Waals surface area contributed by atoms with Crippen LogP contribution in [-0.4, -0.2) is 15.7 Å². The molecule has 1 aromatic carbocycles. The first-order chi connectivity index (χ1) is 10.7. The van der Waals surface area contributed by atoms with Gasteiger partial charge in [0.25, 0.3) is 0 Å². The quantitative estimate of drug-likeness (QED) is 0.855. The monoisotopic (exact) mass is 353 g/mol. The van der Waals surface area contributed by atoms with Crippen LogP contribution < -0.4 is 5.32 Å². The van der Waals surface area contributed by atoms with Crippen molar-refractivity contribution in [1.29, 1.82) is 0 Å². The largest absolute Gasteiger partial charge is 0.311 e. The number of hydrogen-bond acceptors (Lipinski definition) is 2. The van der Waals surface area contributed by atoms with Crippen molar-refractivity contribution in [3.05, 3.63) is 45.6 Å². The molecular weight excluding hydrogens is 333 g/mol. The molecule has 0 aliphatic rings. The number of aromatic nitrogens is 2. The lowest BCUT2D eigenvalue weighted by molar-refractivity contribution is -0.116. The molecule has 0 spiro atoms. The zero-order chi connectivity index (χ0) is 17.2. The Labute approximate surface area is 146 Å². The van der Waals surface area contributed by atoms with Gasteiger partial charge in [0, 0.05) is 12.5 Å². The molecule has 0 radical (unpaired) electrons. The van der Waals surface area contributed by atoms with Gasteiger partial charge >= 0.3 is 0 Å². The zero-order valence-electron chi connectivity index (χ0n) is 13.8. The molecule has 1 N–H and O–H groups in total. The molecule has 0 bridgehead atoms. The molecule has 2 rings (SSSR count). The minimum Gasteiger partial charge on any atom is -0.311 e. The van der Waals surface area contributed by atoms with Crippen molar-refractivity contribution >= 4 is 34.9 Å². The van der Waals surface area contributed by atoms with Gasteiger partial charge in [0.1, 0.15) is 5.82 Å². The van der Waals surface area contributed by atoms with Crippen LogP contribution in [0.5, 0.6) is 0 Å². The van der Waals surface area contributed by atoms with Crippen molar-refractivity contribution in [2.45, 2.75) is 46.1 Å². The standard InChI is InChI=1S/C17H21Cl2N3O/c1-11-10-14(22(21-11)17(2,3)4)20-15(23)9-8-12-6-5-7-13(18)16(12)19/h5-7,10H,8-9H2,1-4H3,(H,20,23). The lowest BCUT2D eigenvalue weighted by Gasteiger charge is -2.22. The second-order valence-electron chi connectivity index (χ2n) is 6.51. The summed E-state index contributed by atoms with van der Waals surface area (Å²) in [5.74, 6) is 0.628. The highest BCUT2D eigenvalue weighted by Gasteiger charge is 2.20. The molecule has 1 aromatic heterocycles.